The van der Waals surface area contributed by atoms with Gasteiger partial charge in [0.15, 0.2) is 0 Å². The molecule has 2 heterocycles. The maximum atomic E-state index is 12.5. The Labute approximate surface area is 110 Å². The molecule has 1 aromatic carbocycles. The third-order valence-corrected chi connectivity index (χ3v) is 3.69. The van der Waals surface area contributed by atoms with Gasteiger partial charge in [-0.25, -0.2) is 4.98 Å². The van der Waals surface area contributed by atoms with Crippen LogP contribution < -0.4 is 10.7 Å². The first kappa shape index (κ1) is 10.5. The number of nitrogens with zero attached hydrogens (tertiary/aromatic N) is 2. The first-order valence-corrected chi connectivity index (χ1v) is 6.36. The molecular weight excluding hydrogens is 236 g/mol. The average Bonchev–Trinajstić information content (AvgIpc) is 2.85. The quantitative estimate of drug-likeness (QED) is 0.603. The van der Waals surface area contributed by atoms with Gasteiger partial charge in [-0.2, -0.15) is 0 Å². The molecule has 0 unspecified atom stereocenters. The van der Waals surface area contributed by atoms with Crippen LogP contribution in [0.3, 0.4) is 0 Å². The highest BCUT2D eigenvalue weighted by Gasteiger charge is 2.28. The van der Waals surface area contributed by atoms with Crippen LogP contribution in [0.2, 0.25) is 0 Å². The van der Waals surface area contributed by atoms with E-state index in [-0.39, 0.29) is 5.91 Å². The van der Waals surface area contributed by atoms with Crippen molar-refractivity contribution in [3.63, 3.8) is 0 Å². The van der Waals surface area contributed by atoms with Crippen molar-refractivity contribution in [2.24, 2.45) is 0 Å². The number of imidazole rings is 1. The summed E-state index contributed by atoms with van der Waals surface area (Å²) in [6.45, 7) is 2.08. The van der Waals surface area contributed by atoms with E-state index in [0.717, 1.165) is 34.1 Å². The summed E-state index contributed by atoms with van der Waals surface area (Å²) in [5.74, 6) is 0.794. The number of carbonyl (C=O) groups is 1. The van der Waals surface area contributed by atoms with E-state index in [2.05, 4.69) is 24.1 Å². The van der Waals surface area contributed by atoms with Gasteiger partial charge >= 0.3 is 0 Å². The third-order valence-electron chi connectivity index (χ3n) is 3.69. The van der Waals surface area contributed by atoms with Gasteiger partial charge in [-0.15, -0.1) is 0 Å². The molecule has 1 aromatic heterocycles. The molecule has 2 aromatic rings. The molecular formula is C16H12N2O. The molecule has 3 nitrogen and oxygen atoms in total. The summed E-state index contributed by atoms with van der Waals surface area (Å²) < 4.78 is 1.73. The molecule has 0 radical (unpaired) electrons. The molecule has 0 saturated carbocycles. The number of rotatable bonds is 0. The van der Waals surface area contributed by atoms with E-state index in [0.29, 0.717) is 0 Å². The summed E-state index contributed by atoms with van der Waals surface area (Å²) in [7, 11) is 0. The summed E-state index contributed by atoms with van der Waals surface area (Å²) >= 11 is 0. The lowest BCUT2D eigenvalue weighted by Crippen LogP contribution is -2.32. The molecule has 0 fully saturated rings. The molecule has 2 aliphatic rings. The van der Waals surface area contributed by atoms with Crippen LogP contribution >= 0.6 is 0 Å². The summed E-state index contributed by atoms with van der Waals surface area (Å²) in [6, 6.07) is 7.65. The largest absolute Gasteiger partial charge is 0.268 e. The molecule has 0 spiro atoms. The van der Waals surface area contributed by atoms with Crippen molar-refractivity contribution < 1.29 is 4.79 Å². The highest BCUT2D eigenvalue weighted by Crippen LogP contribution is 2.27. The Morgan fingerprint density at radius 1 is 1.16 bits per heavy atom. The second-order valence-corrected chi connectivity index (χ2v) is 4.98. The first-order chi connectivity index (χ1) is 9.25. The number of benzene rings is 1. The lowest BCUT2D eigenvalue weighted by atomic mass is 10.1. The van der Waals surface area contributed by atoms with Crippen molar-refractivity contribution in [1.29, 1.82) is 0 Å². The number of allylic oxidation sites excluding steroid dienone is 2. The van der Waals surface area contributed by atoms with Crippen molar-refractivity contribution in [3.8, 4) is 11.4 Å². The number of fused-ring (bicyclic) bond motifs is 5. The van der Waals surface area contributed by atoms with E-state index >= 15 is 0 Å². The van der Waals surface area contributed by atoms with Crippen LogP contribution in [0.15, 0.2) is 35.9 Å². The molecule has 0 N–H and O–H groups in total. The minimum absolute atomic E-state index is 0.0250. The van der Waals surface area contributed by atoms with E-state index in [4.69, 9.17) is 0 Å². The number of hydrogen-bond acceptors (Lipinski definition) is 2. The van der Waals surface area contributed by atoms with Crippen molar-refractivity contribution in [2.75, 3.05) is 0 Å². The third kappa shape index (κ3) is 1.32. The highest BCUT2D eigenvalue weighted by molar-refractivity contribution is 6.08. The fourth-order valence-electron chi connectivity index (χ4n) is 2.68. The average molecular weight is 248 g/mol. The minimum Gasteiger partial charge on any atom is -0.268 e. The second kappa shape index (κ2) is 3.54. The number of aromatic nitrogens is 2. The van der Waals surface area contributed by atoms with Crippen LogP contribution in [0.4, 0.5) is 0 Å². The van der Waals surface area contributed by atoms with Gasteiger partial charge in [-0.1, -0.05) is 35.9 Å². The topological polar surface area (TPSA) is 34.9 Å². The lowest BCUT2D eigenvalue weighted by Gasteiger charge is -1.94. The minimum atomic E-state index is 0.0250. The van der Waals surface area contributed by atoms with Crippen molar-refractivity contribution in [2.45, 2.75) is 13.3 Å². The van der Waals surface area contributed by atoms with Gasteiger partial charge in [0.25, 0.3) is 5.91 Å². The van der Waals surface area contributed by atoms with E-state index in [1.165, 1.54) is 5.57 Å². The second-order valence-electron chi connectivity index (χ2n) is 4.98. The summed E-state index contributed by atoms with van der Waals surface area (Å²) in [4.78, 5) is 17.1. The molecule has 1 aliphatic carbocycles. The Kier molecular flexibility index (Phi) is 1.96. The molecule has 0 bridgehead atoms. The van der Waals surface area contributed by atoms with Crippen LogP contribution in [0.1, 0.15) is 23.7 Å². The normalized spacial score (nSPS) is 15.6. The monoisotopic (exact) mass is 248 g/mol. The zero-order valence-electron chi connectivity index (χ0n) is 10.6. The Bertz CT molecular complexity index is 869. The van der Waals surface area contributed by atoms with Crippen LogP contribution in [0, 0.1) is 0 Å². The van der Waals surface area contributed by atoms with Crippen LogP contribution in [0.5, 0.6) is 0 Å². The molecule has 0 atom stereocenters. The molecule has 19 heavy (non-hydrogen) atoms. The molecule has 3 heteroatoms. The first-order valence-electron chi connectivity index (χ1n) is 6.36. The standard InChI is InChI=1S/C16H12N2O/c1-10-6-8-13-14(9-7-10)18-15(17-13)11-4-2-3-5-12(11)16(18)19/h2-5,7-9H,6H2,1H3. The van der Waals surface area contributed by atoms with Crippen LogP contribution in [-0.2, 0) is 0 Å². The number of carbonyl (C=O) groups excluding carboxylic acids is 1. The molecule has 92 valence electrons. The van der Waals surface area contributed by atoms with E-state index in [1.54, 1.807) is 4.57 Å². The Balaban J connectivity index is 2.12. The predicted molar refractivity (Wildman–Crippen MR) is 73.9 cm³/mol. The lowest BCUT2D eigenvalue weighted by molar-refractivity contribution is 0.0966. The SMILES string of the molecule is CC1=CC=c2c(nc3n2C(=O)c2ccccc2-3)=CC1. The van der Waals surface area contributed by atoms with E-state index in [1.807, 2.05) is 30.3 Å². The maximum Gasteiger partial charge on any atom is 0.264 e. The van der Waals surface area contributed by atoms with Gasteiger partial charge in [-0.05, 0) is 25.5 Å². The van der Waals surface area contributed by atoms with Gasteiger partial charge in [0, 0.05) is 5.56 Å². The summed E-state index contributed by atoms with van der Waals surface area (Å²) in [5.41, 5.74) is 2.95. The summed E-state index contributed by atoms with van der Waals surface area (Å²) in [5, 5.41) is 1.80. The van der Waals surface area contributed by atoms with E-state index in [9.17, 15) is 4.79 Å². The van der Waals surface area contributed by atoms with Crippen LogP contribution in [-0.4, -0.2) is 15.5 Å². The molecule has 1 aliphatic heterocycles. The fraction of sp³-hybridized carbons (Fsp3) is 0.125. The van der Waals surface area contributed by atoms with E-state index < -0.39 is 0 Å². The summed E-state index contributed by atoms with van der Waals surface area (Å²) in [6.07, 6.45) is 7.03. The van der Waals surface area contributed by atoms with Gasteiger partial charge in [-0.3, -0.25) is 9.36 Å². The molecule has 0 amide bonds. The van der Waals surface area contributed by atoms with Crippen molar-refractivity contribution >= 4 is 18.1 Å². The van der Waals surface area contributed by atoms with Gasteiger partial charge in [0.05, 0.1) is 16.3 Å². The fourth-order valence-corrected chi connectivity index (χ4v) is 2.68. The highest BCUT2D eigenvalue weighted by atomic mass is 16.2. The van der Waals surface area contributed by atoms with Gasteiger partial charge < -0.3 is 0 Å². The Morgan fingerprint density at radius 2 is 1.95 bits per heavy atom. The molecule has 0 saturated heterocycles. The predicted octanol–water partition coefficient (Wildman–Crippen LogP) is 1.46. The zero-order valence-corrected chi connectivity index (χ0v) is 10.6. The molecule has 4 rings (SSSR count). The van der Waals surface area contributed by atoms with Crippen molar-refractivity contribution in [3.05, 3.63) is 52.2 Å². The van der Waals surface area contributed by atoms with Gasteiger partial charge in [0.1, 0.15) is 5.82 Å². The maximum absolute atomic E-state index is 12.5. The van der Waals surface area contributed by atoms with Crippen molar-refractivity contribution in [1.82, 2.24) is 9.55 Å². The number of hydrogen-bond donors (Lipinski definition) is 0. The zero-order chi connectivity index (χ0) is 13.0. The van der Waals surface area contributed by atoms with Gasteiger partial charge in [0.2, 0.25) is 0 Å². The Hall–Kier alpha value is -2.42. The van der Waals surface area contributed by atoms with Crippen LogP contribution in [0.25, 0.3) is 23.5 Å². The Morgan fingerprint density at radius 3 is 2.79 bits per heavy atom. The smallest absolute Gasteiger partial charge is 0.264 e.